The van der Waals surface area contributed by atoms with Gasteiger partial charge in [-0.2, -0.15) is 0 Å². The van der Waals surface area contributed by atoms with Crippen molar-refractivity contribution in [2.75, 3.05) is 38.5 Å². The largest absolute Gasteiger partial charge is 0.314 e. The summed E-state index contributed by atoms with van der Waals surface area (Å²) in [5.74, 6) is 1.07. The van der Waals surface area contributed by atoms with E-state index in [4.69, 9.17) is 0 Å². The van der Waals surface area contributed by atoms with Crippen LogP contribution in [-0.4, -0.2) is 53.3 Å². The lowest BCUT2D eigenvalue weighted by Gasteiger charge is -2.26. The van der Waals surface area contributed by atoms with Crippen molar-refractivity contribution < 1.29 is 0 Å². The molecule has 1 saturated heterocycles. The average Bonchev–Trinajstić information content (AvgIpc) is 2.33. The van der Waals surface area contributed by atoms with Gasteiger partial charge in [0.25, 0.3) is 0 Å². The maximum atomic E-state index is 4.28. The molecule has 0 saturated carbocycles. The van der Waals surface area contributed by atoms with Crippen LogP contribution in [0.15, 0.2) is 17.6 Å². The molecule has 1 aromatic rings. The minimum absolute atomic E-state index is 0.890. The van der Waals surface area contributed by atoms with E-state index < -0.39 is 0 Å². The molecule has 0 atom stereocenters. The van der Waals surface area contributed by atoms with Gasteiger partial charge >= 0.3 is 0 Å². The van der Waals surface area contributed by atoms with Crippen molar-refractivity contribution in [1.29, 1.82) is 0 Å². The number of piperazine rings is 1. The molecular formula is C11H18N4S. The maximum absolute atomic E-state index is 4.28. The molecule has 1 aliphatic heterocycles. The number of rotatable bonds is 4. The molecule has 2 heterocycles. The first-order valence-corrected chi connectivity index (χ1v) is 6.68. The van der Waals surface area contributed by atoms with Gasteiger partial charge in [0, 0.05) is 50.9 Å². The topological polar surface area (TPSA) is 41.1 Å². The van der Waals surface area contributed by atoms with Crippen LogP contribution in [0.1, 0.15) is 5.56 Å². The number of aryl methyl sites for hydroxylation is 1. The third kappa shape index (κ3) is 3.73. The van der Waals surface area contributed by atoms with Crippen molar-refractivity contribution >= 4 is 11.8 Å². The Morgan fingerprint density at radius 2 is 2.00 bits per heavy atom. The second kappa shape index (κ2) is 6.18. The molecule has 0 amide bonds. The molecule has 1 fully saturated rings. The summed E-state index contributed by atoms with van der Waals surface area (Å²) in [6.45, 7) is 7.70. The van der Waals surface area contributed by atoms with E-state index in [9.17, 15) is 0 Å². The van der Waals surface area contributed by atoms with Gasteiger partial charge in [-0.15, -0.1) is 0 Å². The first-order chi connectivity index (χ1) is 7.84. The smallest absolute Gasteiger partial charge is 0.187 e. The average molecular weight is 238 g/mol. The number of hydrogen-bond acceptors (Lipinski definition) is 5. The quantitative estimate of drug-likeness (QED) is 0.620. The fourth-order valence-corrected chi connectivity index (χ4v) is 2.44. The van der Waals surface area contributed by atoms with Crippen molar-refractivity contribution in [1.82, 2.24) is 20.2 Å². The zero-order chi connectivity index (χ0) is 11.2. The summed E-state index contributed by atoms with van der Waals surface area (Å²) in [6.07, 6.45) is 3.75. The van der Waals surface area contributed by atoms with Crippen LogP contribution in [0.3, 0.4) is 0 Å². The molecule has 0 aromatic carbocycles. The molecule has 16 heavy (non-hydrogen) atoms. The predicted molar refractivity (Wildman–Crippen MR) is 66.8 cm³/mol. The summed E-state index contributed by atoms with van der Waals surface area (Å²) in [5.41, 5.74) is 1.12. The Morgan fingerprint density at radius 3 is 2.69 bits per heavy atom. The van der Waals surface area contributed by atoms with Crippen molar-refractivity contribution in [2.24, 2.45) is 0 Å². The molecule has 0 radical (unpaired) electrons. The Hall–Kier alpha value is -0.650. The zero-order valence-electron chi connectivity index (χ0n) is 9.65. The molecule has 1 aromatic heterocycles. The molecule has 5 heteroatoms. The van der Waals surface area contributed by atoms with E-state index in [2.05, 4.69) is 20.2 Å². The monoisotopic (exact) mass is 238 g/mol. The van der Waals surface area contributed by atoms with E-state index in [1.807, 2.05) is 19.3 Å². The van der Waals surface area contributed by atoms with Crippen LogP contribution < -0.4 is 5.32 Å². The molecular weight excluding hydrogens is 220 g/mol. The number of hydrogen-bond donors (Lipinski definition) is 1. The lowest BCUT2D eigenvalue weighted by Crippen LogP contribution is -2.44. The molecule has 88 valence electrons. The summed E-state index contributed by atoms with van der Waals surface area (Å²) in [4.78, 5) is 11.0. The second-order valence-corrected chi connectivity index (χ2v) is 5.05. The Morgan fingerprint density at radius 1 is 1.31 bits per heavy atom. The fourth-order valence-electron chi connectivity index (χ4n) is 1.66. The zero-order valence-corrected chi connectivity index (χ0v) is 10.5. The Kier molecular flexibility index (Phi) is 4.56. The first-order valence-electron chi connectivity index (χ1n) is 5.69. The van der Waals surface area contributed by atoms with Gasteiger partial charge in [-0.05, 0) is 12.5 Å². The van der Waals surface area contributed by atoms with Gasteiger partial charge in [-0.3, -0.25) is 4.90 Å². The third-order valence-corrected chi connectivity index (χ3v) is 3.46. The van der Waals surface area contributed by atoms with E-state index >= 15 is 0 Å². The van der Waals surface area contributed by atoms with Crippen molar-refractivity contribution in [2.45, 2.75) is 12.1 Å². The van der Waals surface area contributed by atoms with E-state index in [-0.39, 0.29) is 0 Å². The summed E-state index contributed by atoms with van der Waals surface area (Å²) < 4.78 is 0. The van der Waals surface area contributed by atoms with Gasteiger partial charge in [-0.1, -0.05) is 11.8 Å². The molecule has 1 N–H and O–H groups in total. The highest BCUT2D eigenvalue weighted by molar-refractivity contribution is 7.99. The Labute approximate surface area is 101 Å². The lowest BCUT2D eigenvalue weighted by molar-refractivity contribution is 0.255. The standard InChI is InChI=1S/C11H18N4S/c1-10-8-13-11(14-9-10)16-7-6-15-4-2-12-3-5-15/h8-9,12H,2-7H2,1H3. The summed E-state index contributed by atoms with van der Waals surface area (Å²) in [6, 6.07) is 0. The minimum atomic E-state index is 0.890. The molecule has 0 unspecified atom stereocenters. The number of nitrogens with one attached hydrogen (secondary N) is 1. The summed E-state index contributed by atoms with van der Waals surface area (Å²) >= 11 is 1.74. The maximum Gasteiger partial charge on any atom is 0.187 e. The van der Waals surface area contributed by atoms with Crippen LogP contribution >= 0.6 is 11.8 Å². The first kappa shape index (κ1) is 11.8. The van der Waals surface area contributed by atoms with Gasteiger partial charge in [0.1, 0.15) is 0 Å². The third-order valence-electron chi connectivity index (χ3n) is 2.61. The highest BCUT2D eigenvalue weighted by atomic mass is 32.2. The van der Waals surface area contributed by atoms with Crippen LogP contribution in [-0.2, 0) is 0 Å². The normalized spacial score (nSPS) is 17.6. The highest BCUT2D eigenvalue weighted by Gasteiger charge is 2.08. The van der Waals surface area contributed by atoms with E-state index in [1.165, 1.54) is 0 Å². The van der Waals surface area contributed by atoms with Crippen LogP contribution in [0, 0.1) is 6.92 Å². The number of aromatic nitrogens is 2. The number of thioether (sulfide) groups is 1. The van der Waals surface area contributed by atoms with Gasteiger partial charge in [0.2, 0.25) is 0 Å². The van der Waals surface area contributed by atoms with Gasteiger partial charge in [0.15, 0.2) is 5.16 Å². The SMILES string of the molecule is Cc1cnc(SCCN2CCNCC2)nc1. The molecule has 4 nitrogen and oxygen atoms in total. The number of nitrogens with zero attached hydrogens (tertiary/aromatic N) is 3. The van der Waals surface area contributed by atoms with Crippen molar-refractivity contribution in [3.63, 3.8) is 0 Å². The van der Waals surface area contributed by atoms with Gasteiger partial charge in [-0.25, -0.2) is 9.97 Å². The van der Waals surface area contributed by atoms with Gasteiger partial charge < -0.3 is 5.32 Å². The van der Waals surface area contributed by atoms with Crippen LogP contribution in [0.25, 0.3) is 0 Å². The predicted octanol–water partition coefficient (Wildman–Crippen LogP) is 0.782. The second-order valence-electron chi connectivity index (χ2n) is 3.98. The lowest BCUT2D eigenvalue weighted by atomic mass is 10.4. The van der Waals surface area contributed by atoms with Crippen LogP contribution in [0.5, 0.6) is 0 Å². The molecule has 0 bridgehead atoms. The van der Waals surface area contributed by atoms with E-state index in [0.717, 1.165) is 49.2 Å². The van der Waals surface area contributed by atoms with Crippen molar-refractivity contribution in [3.05, 3.63) is 18.0 Å². The van der Waals surface area contributed by atoms with Crippen LogP contribution in [0.4, 0.5) is 0 Å². The Bertz CT molecular complexity index is 308. The van der Waals surface area contributed by atoms with E-state index in [1.54, 1.807) is 11.8 Å². The van der Waals surface area contributed by atoms with Crippen LogP contribution in [0.2, 0.25) is 0 Å². The Balaban J connectivity index is 1.69. The molecule has 1 aliphatic rings. The fraction of sp³-hybridized carbons (Fsp3) is 0.636. The van der Waals surface area contributed by atoms with E-state index in [0.29, 0.717) is 0 Å². The van der Waals surface area contributed by atoms with Gasteiger partial charge in [0.05, 0.1) is 0 Å². The molecule has 0 aliphatic carbocycles. The summed E-state index contributed by atoms with van der Waals surface area (Å²) in [5, 5.41) is 4.25. The molecule has 2 rings (SSSR count). The van der Waals surface area contributed by atoms with Crippen molar-refractivity contribution in [3.8, 4) is 0 Å². The summed E-state index contributed by atoms with van der Waals surface area (Å²) in [7, 11) is 0. The molecule has 0 spiro atoms. The minimum Gasteiger partial charge on any atom is -0.314 e. The highest BCUT2D eigenvalue weighted by Crippen LogP contribution is 2.12.